The Hall–Kier alpha value is -1.00. The van der Waals surface area contributed by atoms with Crippen LogP contribution in [0.2, 0.25) is 0 Å². The van der Waals surface area contributed by atoms with Gasteiger partial charge in [-0.15, -0.1) is 0 Å². The van der Waals surface area contributed by atoms with Gasteiger partial charge < -0.3 is 9.84 Å². The van der Waals surface area contributed by atoms with Gasteiger partial charge in [0.2, 0.25) is 0 Å². The van der Waals surface area contributed by atoms with E-state index in [1.807, 2.05) is 6.92 Å². The Morgan fingerprint density at radius 2 is 1.67 bits per heavy atom. The first kappa shape index (κ1) is 16.4. The van der Waals surface area contributed by atoms with E-state index in [1.165, 1.54) is 18.2 Å². The van der Waals surface area contributed by atoms with E-state index in [2.05, 4.69) is 13.8 Å². The van der Waals surface area contributed by atoms with Gasteiger partial charge >= 0.3 is 0 Å². The van der Waals surface area contributed by atoms with Crippen molar-refractivity contribution in [2.24, 2.45) is 5.41 Å². The standard InChI is InChI=1S/C17H24F2O2/c1-4-21-17(10-8-16(2,3)9-11-17)15(20)14-12(18)6-5-7-13(14)19/h5-7,15,20H,4,8-11H2,1-3H3. The van der Waals surface area contributed by atoms with Crippen LogP contribution >= 0.6 is 0 Å². The summed E-state index contributed by atoms with van der Waals surface area (Å²) in [6, 6.07) is 3.65. The van der Waals surface area contributed by atoms with Crippen molar-refractivity contribution >= 4 is 0 Å². The SMILES string of the molecule is CCOC1(C(O)c2c(F)cccc2F)CCC(C)(C)CC1. The Morgan fingerprint density at radius 3 is 2.14 bits per heavy atom. The average Bonchev–Trinajstić information content (AvgIpc) is 2.41. The van der Waals surface area contributed by atoms with Crippen LogP contribution in [0.4, 0.5) is 8.78 Å². The molecule has 1 N–H and O–H groups in total. The lowest BCUT2D eigenvalue weighted by molar-refractivity contribution is -0.155. The largest absolute Gasteiger partial charge is 0.385 e. The zero-order valence-corrected chi connectivity index (χ0v) is 13.0. The lowest BCUT2D eigenvalue weighted by Gasteiger charge is -2.46. The molecule has 21 heavy (non-hydrogen) atoms. The highest BCUT2D eigenvalue weighted by atomic mass is 19.1. The Morgan fingerprint density at radius 1 is 1.14 bits per heavy atom. The number of benzene rings is 1. The maximum absolute atomic E-state index is 14.0. The van der Waals surface area contributed by atoms with Crippen molar-refractivity contribution in [2.75, 3.05) is 6.61 Å². The molecule has 1 fully saturated rings. The summed E-state index contributed by atoms with van der Waals surface area (Å²) in [6.45, 7) is 6.58. The lowest BCUT2D eigenvalue weighted by atomic mass is 9.68. The molecule has 0 amide bonds. The molecule has 1 unspecified atom stereocenters. The minimum atomic E-state index is -1.28. The number of halogens is 2. The summed E-state index contributed by atoms with van der Waals surface area (Å²) in [7, 11) is 0. The van der Waals surface area contributed by atoms with Crippen LogP contribution in [-0.2, 0) is 4.74 Å². The fourth-order valence-corrected chi connectivity index (χ4v) is 3.17. The quantitative estimate of drug-likeness (QED) is 0.894. The van der Waals surface area contributed by atoms with Gasteiger partial charge in [-0.2, -0.15) is 0 Å². The zero-order chi connectivity index (χ0) is 15.7. The molecule has 1 aromatic carbocycles. The van der Waals surface area contributed by atoms with Gasteiger partial charge in [0.1, 0.15) is 17.7 Å². The first-order chi connectivity index (χ1) is 9.81. The highest BCUT2D eigenvalue weighted by Crippen LogP contribution is 2.48. The third-order valence-corrected chi connectivity index (χ3v) is 4.65. The number of hydrogen-bond acceptors (Lipinski definition) is 2. The van der Waals surface area contributed by atoms with Crippen LogP contribution < -0.4 is 0 Å². The van der Waals surface area contributed by atoms with Crippen LogP contribution in [0.5, 0.6) is 0 Å². The maximum atomic E-state index is 14.0. The summed E-state index contributed by atoms with van der Waals surface area (Å²) in [5.41, 5.74) is -0.993. The monoisotopic (exact) mass is 298 g/mol. The molecule has 0 saturated heterocycles. The first-order valence-electron chi connectivity index (χ1n) is 7.57. The second kappa shape index (κ2) is 6.01. The maximum Gasteiger partial charge on any atom is 0.132 e. The van der Waals surface area contributed by atoms with Crippen molar-refractivity contribution < 1.29 is 18.6 Å². The molecular formula is C17H24F2O2. The first-order valence-corrected chi connectivity index (χ1v) is 7.57. The fraction of sp³-hybridized carbons (Fsp3) is 0.647. The smallest absolute Gasteiger partial charge is 0.132 e. The van der Waals surface area contributed by atoms with E-state index in [1.54, 1.807) is 0 Å². The number of aliphatic hydroxyl groups is 1. The molecule has 0 radical (unpaired) electrons. The number of hydrogen-bond donors (Lipinski definition) is 1. The van der Waals surface area contributed by atoms with Crippen molar-refractivity contribution in [3.05, 3.63) is 35.4 Å². The highest BCUT2D eigenvalue weighted by Gasteiger charge is 2.46. The minimum absolute atomic E-state index is 0.175. The average molecular weight is 298 g/mol. The zero-order valence-electron chi connectivity index (χ0n) is 13.0. The third-order valence-electron chi connectivity index (χ3n) is 4.65. The summed E-state index contributed by atoms with van der Waals surface area (Å²) in [4.78, 5) is 0. The minimum Gasteiger partial charge on any atom is -0.385 e. The number of aliphatic hydroxyl groups excluding tert-OH is 1. The van der Waals surface area contributed by atoms with E-state index in [-0.39, 0.29) is 11.0 Å². The van der Waals surface area contributed by atoms with Crippen LogP contribution in [0.1, 0.15) is 58.1 Å². The lowest BCUT2D eigenvalue weighted by Crippen LogP contribution is -2.45. The van der Waals surface area contributed by atoms with E-state index in [0.717, 1.165) is 12.8 Å². The van der Waals surface area contributed by atoms with Crippen LogP contribution in [-0.4, -0.2) is 17.3 Å². The number of ether oxygens (including phenoxy) is 1. The Bertz CT molecular complexity index is 469. The van der Waals surface area contributed by atoms with Gasteiger partial charge in [-0.25, -0.2) is 8.78 Å². The van der Waals surface area contributed by atoms with Gasteiger partial charge in [0, 0.05) is 6.61 Å². The second-order valence-corrected chi connectivity index (χ2v) is 6.70. The Balaban J connectivity index is 2.34. The van der Waals surface area contributed by atoms with E-state index in [0.29, 0.717) is 19.4 Å². The summed E-state index contributed by atoms with van der Waals surface area (Å²) in [5, 5.41) is 10.7. The molecule has 1 atom stereocenters. The van der Waals surface area contributed by atoms with E-state index in [4.69, 9.17) is 4.74 Å². The normalized spacial score (nSPS) is 22.0. The number of rotatable bonds is 4. The summed E-state index contributed by atoms with van der Waals surface area (Å²) < 4.78 is 33.7. The van der Waals surface area contributed by atoms with Crippen molar-refractivity contribution in [1.82, 2.24) is 0 Å². The Kier molecular flexibility index (Phi) is 4.69. The van der Waals surface area contributed by atoms with Gasteiger partial charge in [0.05, 0.1) is 11.2 Å². The second-order valence-electron chi connectivity index (χ2n) is 6.70. The van der Waals surface area contributed by atoms with E-state index < -0.39 is 23.3 Å². The molecule has 0 heterocycles. The van der Waals surface area contributed by atoms with Gasteiger partial charge in [-0.1, -0.05) is 19.9 Å². The molecule has 4 heteroatoms. The molecule has 1 aromatic rings. The molecule has 1 aliphatic rings. The van der Waals surface area contributed by atoms with Crippen molar-refractivity contribution in [1.29, 1.82) is 0 Å². The third kappa shape index (κ3) is 3.27. The fourth-order valence-electron chi connectivity index (χ4n) is 3.17. The van der Waals surface area contributed by atoms with Gasteiger partial charge in [0.15, 0.2) is 0 Å². The van der Waals surface area contributed by atoms with Crippen molar-refractivity contribution in [3.8, 4) is 0 Å². The van der Waals surface area contributed by atoms with Gasteiger partial charge in [-0.05, 0) is 50.2 Å². The molecule has 1 saturated carbocycles. The Labute approximate surface area is 125 Å². The summed E-state index contributed by atoms with van der Waals surface area (Å²) in [5.74, 6) is -1.43. The van der Waals surface area contributed by atoms with Crippen molar-refractivity contribution in [3.63, 3.8) is 0 Å². The highest BCUT2D eigenvalue weighted by molar-refractivity contribution is 5.25. The van der Waals surface area contributed by atoms with Crippen LogP contribution in [0, 0.1) is 17.0 Å². The van der Waals surface area contributed by atoms with Crippen LogP contribution in [0.25, 0.3) is 0 Å². The van der Waals surface area contributed by atoms with Crippen molar-refractivity contribution in [2.45, 2.75) is 58.2 Å². The molecule has 0 aromatic heterocycles. The van der Waals surface area contributed by atoms with Crippen LogP contribution in [0.15, 0.2) is 18.2 Å². The van der Waals surface area contributed by atoms with Gasteiger partial charge in [0.25, 0.3) is 0 Å². The molecule has 118 valence electrons. The molecule has 1 aliphatic carbocycles. The summed E-state index contributed by atoms with van der Waals surface area (Å²) in [6.07, 6.45) is 1.64. The van der Waals surface area contributed by atoms with E-state index >= 15 is 0 Å². The summed E-state index contributed by atoms with van der Waals surface area (Å²) >= 11 is 0. The molecule has 0 spiro atoms. The molecule has 2 nitrogen and oxygen atoms in total. The predicted molar refractivity (Wildman–Crippen MR) is 77.9 cm³/mol. The van der Waals surface area contributed by atoms with Crippen LogP contribution in [0.3, 0.4) is 0 Å². The molecule has 2 rings (SSSR count). The molecular weight excluding hydrogens is 274 g/mol. The molecule has 0 aliphatic heterocycles. The van der Waals surface area contributed by atoms with E-state index in [9.17, 15) is 13.9 Å². The van der Waals surface area contributed by atoms with Gasteiger partial charge in [-0.3, -0.25) is 0 Å². The molecule has 0 bridgehead atoms. The predicted octanol–water partition coefficient (Wildman–Crippen LogP) is 4.37. The topological polar surface area (TPSA) is 29.5 Å².